The summed E-state index contributed by atoms with van der Waals surface area (Å²) in [7, 11) is 0. The van der Waals surface area contributed by atoms with Crippen LogP contribution in [0.25, 0.3) is 0 Å². The SMILES string of the molecule is CCC(C)(O)CNc1cc(C)nc(C(C)C)n1. The average molecular weight is 237 g/mol. The van der Waals surface area contributed by atoms with Crippen molar-refractivity contribution in [2.45, 2.75) is 52.6 Å². The van der Waals surface area contributed by atoms with Crippen LogP contribution in [0, 0.1) is 6.92 Å². The molecule has 0 spiro atoms. The molecule has 4 nitrogen and oxygen atoms in total. The van der Waals surface area contributed by atoms with E-state index in [0.717, 1.165) is 17.3 Å². The Kier molecular flexibility index (Phi) is 4.46. The molecule has 1 unspecified atom stereocenters. The highest BCUT2D eigenvalue weighted by atomic mass is 16.3. The fourth-order valence-electron chi connectivity index (χ4n) is 1.35. The van der Waals surface area contributed by atoms with Gasteiger partial charge in [0, 0.05) is 24.2 Å². The van der Waals surface area contributed by atoms with E-state index in [1.165, 1.54) is 0 Å². The molecule has 0 bridgehead atoms. The fourth-order valence-corrected chi connectivity index (χ4v) is 1.35. The highest BCUT2D eigenvalue weighted by Gasteiger charge is 2.17. The van der Waals surface area contributed by atoms with Crippen molar-refractivity contribution in [3.05, 3.63) is 17.6 Å². The van der Waals surface area contributed by atoms with Crippen LogP contribution in [-0.2, 0) is 0 Å². The van der Waals surface area contributed by atoms with Gasteiger partial charge in [-0.25, -0.2) is 9.97 Å². The van der Waals surface area contributed by atoms with Crippen LogP contribution >= 0.6 is 0 Å². The van der Waals surface area contributed by atoms with Crippen molar-refractivity contribution < 1.29 is 5.11 Å². The van der Waals surface area contributed by atoms with Gasteiger partial charge in [0.25, 0.3) is 0 Å². The second-order valence-electron chi connectivity index (χ2n) is 5.11. The zero-order valence-corrected chi connectivity index (χ0v) is 11.4. The molecule has 1 aromatic rings. The van der Waals surface area contributed by atoms with Crippen molar-refractivity contribution in [1.82, 2.24) is 9.97 Å². The Morgan fingerprint density at radius 3 is 2.59 bits per heavy atom. The molecule has 1 aromatic heterocycles. The van der Waals surface area contributed by atoms with Gasteiger partial charge in [-0.15, -0.1) is 0 Å². The molecule has 1 atom stereocenters. The van der Waals surface area contributed by atoms with Gasteiger partial charge < -0.3 is 10.4 Å². The largest absolute Gasteiger partial charge is 0.388 e. The van der Waals surface area contributed by atoms with E-state index < -0.39 is 5.60 Å². The number of aromatic nitrogens is 2. The number of anilines is 1. The van der Waals surface area contributed by atoms with Crippen LogP contribution in [0.5, 0.6) is 0 Å². The smallest absolute Gasteiger partial charge is 0.133 e. The van der Waals surface area contributed by atoms with Crippen molar-refractivity contribution in [3.8, 4) is 0 Å². The Morgan fingerprint density at radius 1 is 1.41 bits per heavy atom. The van der Waals surface area contributed by atoms with Gasteiger partial charge in [0.05, 0.1) is 5.60 Å². The normalized spacial score (nSPS) is 14.8. The number of hydrogen-bond acceptors (Lipinski definition) is 4. The highest BCUT2D eigenvalue weighted by Crippen LogP contribution is 2.15. The lowest BCUT2D eigenvalue weighted by Crippen LogP contribution is -2.32. The number of rotatable bonds is 5. The molecule has 1 heterocycles. The van der Waals surface area contributed by atoms with Crippen LogP contribution in [0.1, 0.15) is 51.6 Å². The molecule has 0 aliphatic carbocycles. The van der Waals surface area contributed by atoms with Crippen molar-refractivity contribution in [2.75, 3.05) is 11.9 Å². The third-order valence-electron chi connectivity index (χ3n) is 2.80. The Balaban J connectivity index is 2.78. The maximum absolute atomic E-state index is 9.93. The van der Waals surface area contributed by atoms with Gasteiger partial charge in [0.15, 0.2) is 0 Å². The third kappa shape index (κ3) is 4.30. The first-order chi connectivity index (χ1) is 7.84. The molecule has 0 amide bonds. The maximum atomic E-state index is 9.93. The van der Waals surface area contributed by atoms with Gasteiger partial charge >= 0.3 is 0 Å². The molecular weight excluding hydrogens is 214 g/mol. The number of nitrogens with zero attached hydrogens (tertiary/aromatic N) is 2. The minimum absolute atomic E-state index is 0.308. The summed E-state index contributed by atoms with van der Waals surface area (Å²) in [6, 6.07) is 1.90. The minimum Gasteiger partial charge on any atom is -0.388 e. The minimum atomic E-state index is -0.698. The third-order valence-corrected chi connectivity index (χ3v) is 2.80. The topological polar surface area (TPSA) is 58.0 Å². The van der Waals surface area contributed by atoms with E-state index in [2.05, 4.69) is 29.1 Å². The summed E-state index contributed by atoms with van der Waals surface area (Å²) in [5.74, 6) is 1.93. The first kappa shape index (κ1) is 13.9. The quantitative estimate of drug-likeness (QED) is 0.826. The summed E-state index contributed by atoms with van der Waals surface area (Å²) in [5, 5.41) is 13.1. The summed E-state index contributed by atoms with van der Waals surface area (Å²) in [6.45, 7) is 10.4. The molecule has 0 aromatic carbocycles. The number of aliphatic hydroxyl groups is 1. The van der Waals surface area contributed by atoms with Crippen molar-refractivity contribution in [1.29, 1.82) is 0 Å². The monoisotopic (exact) mass is 237 g/mol. The van der Waals surface area contributed by atoms with Crippen LogP contribution < -0.4 is 5.32 Å². The molecule has 0 fully saturated rings. The molecule has 2 N–H and O–H groups in total. The summed E-state index contributed by atoms with van der Waals surface area (Å²) < 4.78 is 0. The van der Waals surface area contributed by atoms with E-state index in [9.17, 15) is 5.11 Å². The standard InChI is InChI=1S/C13H23N3O/c1-6-13(5,17)8-14-11-7-10(4)15-12(16-11)9(2)3/h7,9,17H,6,8H2,1-5H3,(H,14,15,16). The van der Waals surface area contributed by atoms with Crippen LogP contribution in [0.4, 0.5) is 5.82 Å². The van der Waals surface area contributed by atoms with E-state index in [1.807, 2.05) is 26.8 Å². The van der Waals surface area contributed by atoms with E-state index in [0.29, 0.717) is 18.9 Å². The van der Waals surface area contributed by atoms with Crippen molar-refractivity contribution in [3.63, 3.8) is 0 Å². The zero-order valence-electron chi connectivity index (χ0n) is 11.4. The molecule has 96 valence electrons. The van der Waals surface area contributed by atoms with Gasteiger partial charge in [-0.05, 0) is 20.3 Å². The number of nitrogens with one attached hydrogen (secondary N) is 1. The first-order valence-corrected chi connectivity index (χ1v) is 6.16. The summed E-state index contributed by atoms with van der Waals surface area (Å²) >= 11 is 0. The van der Waals surface area contributed by atoms with Crippen LogP contribution in [0.2, 0.25) is 0 Å². The summed E-state index contributed by atoms with van der Waals surface area (Å²) in [5.41, 5.74) is 0.249. The number of hydrogen-bond donors (Lipinski definition) is 2. The van der Waals surface area contributed by atoms with Gasteiger partial charge in [-0.1, -0.05) is 20.8 Å². The van der Waals surface area contributed by atoms with Crippen LogP contribution in [-0.4, -0.2) is 27.2 Å². The molecule has 0 radical (unpaired) electrons. The molecule has 0 saturated heterocycles. The van der Waals surface area contributed by atoms with E-state index >= 15 is 0 Å². The fraction of sp³-hybridized carbons (Fsp3) is 0.692. The van der Waals surface area contributed by atoms with Crippen molar-refractivity contribution >= 4 is 5.82 Å². The maximum Gasteiger partial charge on any atom is 0.133 e. The average Bonchev–Trinajstić information content (AvgIpc) is 2.26. The lowest BCUT2D eigenvalue weighted by atomic mass is 10.0. The second kappa shape index (κ2) is 5.45. The molecule has 4 heteroatoms. The van der Waals surface area contributed by atoms with Gasteiger partial charge in [-0.3, -0.25) is 0 Å². The Hall–Kier alpha value is -1.16. The Bertz CT molecular complexity index is 375. The highest BCUT2D eigenvalue weighted by molar-refractivity contribution is 5.36. The molecule has 17 heavy (non-hydrogen) atoms. The van der Waals surface area contributed by atoms with E-state index in [-0.39, 0.29) is 0 Å². The molecule has 0 aliphatic rings. The number of aryl methyl sites for hydroxylation is 1. The van der Waals surface area contributed by atoms with Gasteiger partial charge in [-0.2, -0.15) is 0 Å². The lowest BCUT2D eigenvalue weighted by molar-refractivity contribution is 0.0696. The Labute approximate surface area is 103 Å². The second-order valence-corrected chi connectivity index (χ2v) is 5.11. The molecular formula is C13H23N3O. The Morgan fingerprint density at radius 2 is 2.06 bits per heavy atom. The predicted molar refractivity (Wildman–Crippen MR) is 70.3 cm³/mol. The zero-order chi connectivity index (χ0) is 13.1. The van der Waals surface area contributed by atoms with Crippen LogP contribution in [0.15, 0.2) is 6.07 Å². The first-order valence-electron chi connectivity index (χ1n) is 6.16. The summed E-state index contributed by atoms with van der Waals surface area (Å²) in [4.78, 5) is 8.82. The molecule has 0 saturated carbocycles. The lowest BCUT2D eigenvalue weighted by Gasteiger charge is -2.22. The van der Waals surface area contributed by atoms with Crippen molar-refractivity contribution in [2.24, 2.45) is 0 Å². The van der Waals surface area contributed by atoms with Crippen LogP contribution in [0.3, 0.4) is 0 Å². The van der Waals surface area contributed by atoms with Gasteiger partial charge in [0.2, 0.25) is 0 Å². The molecule has 0 aliphatic heterocycles. The van der Waals surface area contributed by atoms with E-state index in [1.54, 1.807) is 0 Å². The summed E-state index contributed by atoms with van der Waals surface area (Å²) in [6.07, 6.45) is 0.709. The molecule has 1 rings (SSSR count). The predicted octanol–water partition coefficient (Wildman–Crippen LogP) is 2.48. The van der Waals surface area contributed by atoms with Gasteiger partial charge in [0.1, 0.15) is 11.6 Å². The van der Waals surface area contributed by atoms with E-state index in [4.69, 9.17) is 0 Å².